The smallest absolute Gasteiger partial charge is 0.207 e. The van der Waals surface area contributed by atoms with Crippen LogP contribution < -0.4 is 4.72 Å². The lowest BCUT2D eigenvalue weighted by Crippen LogP contribution is -2.40. The molecule has 1 aromatic carbocycles. The van der Waals surface area contributed by atoms with E-state index in [2.05, 4.69) is 4.72 Å². The fraction of sp³-hybridized carbons (Fsp3) is 0.400. The Labute approximate surface area is 89.4 Å². The Morgan fingerprint density at radius 1 is 1.27 bits per heavy atom. The van der Waals surface area contributed by atoms with E-state index in [1.54, 1.807) is 20.8 Å². The molecule has 0 aliphatic carbocycles. The van der Waals surface area contributed by atoms with Crippen molar-refractivity contribution in [3.05, 3.63) is 30.1 Å². The van der Waals surface area contributed by atoms with Gasteiger partial charge in [0, 0.05) is 5.54 Å². The fourth-order valence-electron chi connectivity index (χ4n) is 1.10. The second-order valence-corrected chi connectivity index (χ2v) is 6.00. The third-order valence-electron chi connectivity index (χ3n) is 1.55. The third kappa shape index (κ3) is 3.60. The summed E-state index contributed by atoms with van der Waals surface area (Å²) in [7, 11) is -3.63. The topological polar surface area (TPSA) is 46.2 Å². The average Bonchev–Trinajstić information content (AvgIpc) is 1.99. The quantitative estimate of drug-likeness (QED) is 0.845. The number of hydrogen-bond donors (Lipinski definition) is 1. The highest BCUT2D eigenvalue weighted by molar-refractivity contribution is 7.89. The van der Waals surface area contributed by atoms with E-state index in [1.807, 2.05) is 0 Å². The van der Waals surface area contributed by atoms with E-state index < -0.39 is 21.4 Å². The van der Waals surface area contributed by atoms with Crippen molar-refractivity contribution in [2.24, 2.45) is 0 Å². The summed E-state index contributed by atoms with van der Waals surface area (Å²) in [6.45, 7) is 5.18. The third-order valence-corrected chi connectivity index (χ3v) is 3.30. The van der Waals surface area contributed by atoms with E-state index in [4.69, 9.17) is 0 Å². The Hall–Kier alpha value is -0.940. The zero-order chi connectivity index (χ0) is 11.7. The number of halogens is 1. The van der Waals surface area contributed by atoms with Crippen LogP contribution >= 0.6 is 0 Å². The molecule has 0 heterocycles. The molecule has 0 aliphatic heterocycles. The summed E-state index contributed by atoms with van der Waals surface area (Å²) < 4.78 is 38.7. The molecule has 0 atom stereocenters. The summed E-state index contributed by atoms with van der Waals surface area (Å²) in [5, 5.41) is 0. The van der Waals surface area contributed by atoms with E-state index in [0.29, 0.717) is 0 Å². The normalized spacial score (nSPS) is 12.8. The monoisotopic (exact) mass is 231 g/mol. The maximum Gasteiger partial charge on any atom is 0.241 e. The molecule has 0 bridgehead atoms. The number of rotatable bonds is 2. The Kier molecular flexibility index (Phi) is 3.16. The molecule has 1 N–H and O–H groups in total. The summed E-state index contributed by atoms with van der Waals surface area (Å²) in [6, 6.07) is 4.92. The van der Waals surface area contributed by atoms with Gasteiger partial charge in [0.15, 0.2) is 0 Å². The van der Waals surface area contributed by atoms with Crippen molar-refractivity contribution in [2.75, 3.05) is 0 Å². The largest absolute Gasteiger partial charge is 0.241 e. The lowest BCUT2D eigenvalue weighted by molar-refractivity contribution is 0.491. The van der Waals surface area contributed by atoms with E-state index in [0.717, 1.165) is 6.07 Å². The van der Waals surface area contributed by atoms with Gasteiger partial charge in [-0.15, -0.1) is 0 Å². The zero-order valence-electron chi connectivity index (χ0n) is 8.91. The maximum atomic E-state index is 12.8. The molecule has 5 heteroatoms. The Bertz CT molecular complexity index is 449. The van der Waals surface area contributed by atoms with Crippen molar-refractivity contribution < 1.29 is 12.8 Å². The minimum absolute atomic E-state index is 0.0579. The van der Waals surface area contributed by atoms with Crippen LogP contribution in [0.5, 0.6) is 0 Å². The molecule has 0 amide bonds. The predicted octanol–water partition coefficient (Wildman–Crippen LogP) is 1.90. The number of nitrogens with one attached hydrogen (secondary N) is 1. The van der Waals surface area contributed by atoms with Crippen molar-refractivity contribution in [3.8, 4) is 0 Å². The summed E-state index contributed by atoms with van der Waals surface area (Å²) in [6.07, 6.45) is 0. The summed E-state index contributed by atoms with van der Waals surface area (Å²) in [4.78, 5) is -0.0579. The van der Waals surface area contributed by atoms with Crippen LogP contribution in [-0.4, -0.2) is 14.0 Å². The molecule has 0 spiro atoms. The van der Waals surface area contributed by atoms with Crippen molar-refractivity contribution >= 4 is 10.0 Å². The molecule has 0 aromatic heterocycles. The van der Waals surface area contributed by atoms with Crippen LogP contribution in [0.3, 0.4) is 0 Å². The zero-order valence-corrected chi connectivity index (χ0v) is 9.73. The summed E-state index contributed by atoms with van der Waals surface area (Å²) in [5.74, 6) is -0.563. The van der Waals surface area contributed by atoms with Crippen molar-refractivity contribution in [1.29, 1.82) is 0 Å². The molecule has 0 fully saturated rings. The van der Waals surface area contributed by atoms with Crippen LogP contribution in [0.15, 0.2) is 29.2 Å². The Morgan fingerprint density at radius 2 is 1.87 bits per heavy atom. The van der Waals surface area contributed by atoms with Crippen LogP contribution in [0.25, 0.3) is 0 Å². The average molecular weight is 231 g/mol. The standard InChI is InChI=1S/C10H14FNO2S/c1-10(2,3)12-15(13,14)9-6-4-5-8(11)7-9/h4-7,12H,1-3H3. The van der Waals surface area contributed by atoms with Gasteiger partial charge in [-0.05, 0) is 39.0 Å². The second kappa shape index (κ2) is 3.90. The molecular formula is C10H14FNO2S. The number of sulfonamides is 1. The lowest BCUT2D eigenvalue weighted by atomic mass is 10.1. The summed E-state index contributed by atoms with van der Waals surface area (Å²) in [5.41, 5.74) is -0.578. The summed E-state index contributed by atoms with van der Waals surface area (Å²) >= 11 is 0. The van der Waals surface area contributed by atoms with E-state index >= 15 is 0 Å². The van der Waals surface area contributed by atoms with Crippen LogP contribution in [0.2, 0.25) is 0 Å². The van der Waals surface area contributed by atoms with Gasteiger partial charge in [0.05, 0.1) is 4.90 Å². The first kappa shape index (κ1) is 12.1. The Morgan fingerprint density at radius 3 is 2.33 bits per heavy atom. The van der Waals surface area contributed by atoms with E-state index in [-0.39, 0.29) is 4.90 Å². The first-order chi connectivity index (χ1) is 6.71. The van der Waals surface area contributed by atoms with Gasteiger partial charge in [0.1, 0.15) is 5.82 Å². The van der Waals surface area contributed by atoms with Crippen molar-refractivity contribution in [3.63, 3.8) is 0 Å². The molecule has 0 radical (unpaired) electrons. The van der Waals surface area contributed by atoms with Gasteiger partial charge in [-0.1, -0.05) is 6.07 Å². The highest BCUT2D eigenvalue weighted by Crippen LogP contribution is 2.13. The van der Waals surface area contributed by atoms with Gasteiger partial charge in [0.25, 0.3) is 0 Å². The molecule has 1 aromatic rings. The van der Waals surface area contributed by atoms with Gasteiger partial charge >= 0.3 is 0 Å². The molecule has 0 unspecified atom stereocenters. The second-order valence-electron chi connectivity index (χ2n) is 4.31. The minimum Gasteiger partial charge on any atom is -0.207 e. The molecule has 0 aliphatic rings. The molecule has 15 heavy (non-hydrogen) atoms. The highest BCUT2D eigenvalue weighted by Gasteiger charge is 2.21. The predicted molar refractivity (Wildman–Crippen MR) is 56.5 cm³/mol. The lowest BCUT2D eigenvalue weighted by Gasteiger charge is -2.20. The van der Waals surface area contributed by atoms with Crippen LogP contribution in [0, 0.1) is 5.82 Å². The molecule has 84 valence electrons. The number of hydrogen-bond acceptors (Lipinski definition) is 2. The molecular weight excluding hydrogens is 217 g/mol. The van der Waals surface area contributed by atoms with Gasteiger partial charge in [-0.25, -0.2) is 17.5 Å². The molecule has 1 rings (SSSR count). The van der Waals surface area contributed by atoms with E-state index in [9.17, 15) is 12.8 Å². The van der Waals surface area contributed by atoms with Crippen LogP contribution in [0.4, 0.5) is 4.39 Å². The van der Waals surface area contributed by atoms with Crippen molar-refractivity contribution in [2.45, 2.75) is 31.2 Å². The molecule has 0 saturated carbocycles. The SMILES string of the molecule is CC(C)(C)NS(=O)(=O)c1cccc(F)c1. The van der Waals surface area contributed by atoms with Gasteiger partial charge in [-0.3, -0.25) is 0 Å². The highest BCUT2D eigenvalue weighted by atomic mass is 32.2. The van der Waals surface area contributed by atoms with E-state index in [1.165, 1.54) is 18.2 Å². The fourth-order valence-corrected chi connectivity index (χ4v) is 2.55. The minimum atomic E-state index is -3.63. The number of benzene rings is 1. The molecule has 0 saturated heterocycles. The van der Waals surface area contributed by atoms with Crippen LogP contribution in [-0.2, 0) is 10.0 Å². The molecule has 3 nitrogen and oxygen atoms in total. The van der Waals surface area contributed by atoms with Crippen molar-refractivity contribution in [1.82, 2.24) is 4.72 Å². The van der Waals surface area contributed by atoms with Gasteiger partial charge < -0.3 is 0 Å². The van der Waals surface area contributed by atoms with Gasteiger partial charge in [-0.2, -0.15) is 0 Å². The van der Waals surface area contributed by atoms with Crippen LogP contribution in [0.1, 0.15) is 20.8 Å². The Balaban J connectivity index is 3.07. The van der Waals surface area contributed by atoms with Gasteiger partial charge in [0.2, 0.25) is 10.0 Å². The first-order valence-electron chi connectivity index (χ1n) is 4.50. The first-order valence-corrected chi connectivity index (χ1v) is 5.99. The maximum absolute atomic E-state index is 12.8.